The quantitative estimate of drug-likeness (QED) is 0.215. The maximum absolute atomic E-state index is 5.65. The van der Waals surface area contributed by atoms with Crippen LogP contribution in [0, 0.1) is 0 Å². The van der Waals surface area contributed by atoms with Crippen LogP contribution in [0.1, 0.15) is 11.1 Å². The molecule has 0 radical (unpaired) electrons. The maximum atomic E-state index is 5.65. The summed E-state index contributed by atoms with van der Waals surface area (Å²) in [6.07, 6.45) is 0. The van der Waals surface area contributed by atoms with E-state index in [1.54, 1.807) is 28.4 Å². The molecule has 6 nitrogen and oxygen atoms in total. The molecule has 36 heavy (non-hydrogen) atoms. The van der Waals surface area contributed by atoms with Gasteiger partial charge in [-0.2, -0.15) is 0 Å². The Morgan fingerprint density at radius 1 is 0.500 bits per heavy atom. The molecule has 0 spiro atoms. The first-order valence-corrected chi connectivity index (χ1v) is 11.4. The number of benzene rings is 4. The Bertz CT molecular complexity index is 1260. The number of rotatable bonds is 7. The van der Waals surface area contributed by atoms with Crippen LogP contribution in [0.5, 0.6) is 11.5 Å². The van der Waals surface area contributed by atoms with E-state index in [1.807, 2.05) is 97.1 Å². The fraction of sp³-hybridized carbons (Fsp3) is 0.133. The monoisotopic (exact) mass is 480 g/mol. The first-order chi connectivity index (χ1) is 17.7. The summed E-state index contributed by atoms with van der Waals surface area (Å²) >= 11 is 0. The van der Waals surface area contributed by atoms with Crippen molar-refractivity contribution in [3.63, 3.8) is 0 Å². The molecule has 0 aliphatic heterocycles. The Morgan fingerprint density at radius 3 is 1.22 bits per heavy atom. The molecule has 0 atom stereocenters. The second-order valence-electron chi connectivity index (χ2n) is 7.75. The molecule has 4 rings (SSSR count). The number of nitrogens with zero attached hydrogens (tertiary/aromatic N) is 2. The fourth-order valence-corrected chi connectivity index (χ4v) is 3.74. The van der Waals surface area contributed by atoms with Crippen LogP contribution < -0.4 is 9.47 Å². The predicted molar refractivity (Wildman–Crippen MR) is 144 cm³/mol. The van der Waals surface area contributed by atoms with Crippen molar-refractivity contribution >= 4 is 23.2 Å². The molecule has 0 bridgehead atoms. The lowest BCUT2D eigenvalue weighted by atomic mass is 10.0. The highest BCUT2D eigenvalue weighted by Gasteiger charge is 2.12. The molecular formula is C30H28N2O4. The van der Waals surface area contributed by atoms with Gasteiger partial charge in [0, 0.05) is 11.1 Å². The van der Waals surface area contributed by atoms with Crippen LogP contribution in [0.15, 0.2) is 107 Å². The fourth-order valence-electron chi connectivity index (χ4n) is 3.74. The predicted octanol–water partition coefficient (Wildman–Crippen LogP) is 6.82. The largest absolute Gasteiger partial charge is 0.494 e. The minimum atomic E-state index is 0.512. The van der Waals surface area contributed by atoms with Crippen molar-refractivity contribution in [3.05, 3.63) is 108 Å². The number of ether oxygens (including phenoxy) is 4. The zero-order chi connectivity index (χ0) is 25.3. The van der Waals surface area contributed by atoms with E-state index in [0.29, 0.717) is 34.7 Å². The van der Waals surface area contributed by atoms with Crippen molar-refractivity contribution in [1.82, 2.24) is 0 Å². The van der Waals surface area contributed by atoms with E-state index >= 15 is 0 Å². The van der Waals surface area contributed by atoms with Crippen molar-refractivity contribution in [2.45, 2.75) is 0 Å². The zero-order valence-corrected chi connectivity index (χ0v) is 20.8. The number of hydrogen-bond donors (Lipinski definition) is 0. The molecule has 0 heterocycles. The highest BCUT2D eigenvalue weighted by molar-refractivity contribution is 5.97. The average Bonchev–Trinajstić information content (AvgIpc) is 2.95. The highest BCUT2D eigenvalue weighted by Crippen LogP contribution is 2.37. The Hall–Kier alpha value is -4.58. The Kier molecular flexibility index (Phi) is 7.98. The molecule has 0 saturated heterocycles. The van der Waals surface area contributed by atoms with Crippen LogP contribution in [0.3, 0.4) is 0 Å². The summed E-state index contributed by atoms with van der Waals surface area (Å²) in [5.74, 6) is 2.28. The van der Waals surface area contributed by atoms with Gasteiger partial charge in [0.1, 0.15) is 22.9 Å². The van der Waals surface area contributed by atoms with E-state index < -0.39 is 0 Å². The van der Waals surface area contributed by atoms with Crippen LogP contribution >= 0.6 is 0 Å². The Morgan fingerprint density at radius 2 is 0.889 bits per heavy atom. The first-order valence-electron chi connectivity index (χ1n) is 11.4. The summed E-state index contributed by atoms with van der Waals surface area (Å²) in [7, 11) is 6.47. The van der Waals surface area contributed by atoms with E-state index in [-0.39, 0.29) is 0 Å². The molecular weight excluding hydrogens is 452 g/mol. The summed E-state index contributed by atoms with van der Waals surface area (Å²) in [5, 5.41) is 0. The summed E-state index contributed by atoms with van der Waals surface area (Å²) in [5.41, 5.74) is 5.02. The van der Waals surface area contributed by atoms with E-state index in [0.717, 1.165) is 22.3 Å². The van der Waals surface area contributed by atoms with Gasteiger partial charge in [-0.15, -0.1) is 0 Å². The second-order valence-corrected chi connectivity index (χ2v) is 7.75. The standard InChI is InChI=1S/C30H28N2O4/c1-33-27-19-23(15-17-25(27)31-29(35-3)21-11-7-5-8-12-21)24-16-18-26(28(20-24)34-2)32-30(36-4)22-13-9-6-10-14-22/h5-20H,1-4H3/b31-29-,32-30-. The third kappa shape index (κ3) is 5.55. The van der Waals surface area contributed by atoms with Gasteiger partial charge in [0.05, 0.1) is 28.4 Å². The molecule has 0 fully saturated rings. The van der Waals surface area contributed by atoms with Crippen LogP contribution in [0.25, 0.3) is 11.1 Å². The van der Waals surface area contributed by atoms with Gasteiger partial charge in [0.15, 0.2) is 0 Å². The van der Waals surface area contributed by atoms with Crippen molar-refractivity contribution in [1.29, 1.82) is 0 Å². The molecule has 0 N–H and O–H groups in total. The third-order valence-electron chi connectivity index (χ3n) is 5.56. The lowest BCUT2D eigenvalue weighted by Crippen LogP contribution is -2.03. The van der Waals surface area contributed by atoms with Gasteiger partial charge in [-0.1, -0.05) is 48.5 Å². The summed E-state index contributed by atoms with van der Waals surface area (Å²) < 4.78 is 22.4. The minimum absolute atomic E-state index is 0.512. The molecule has 0 saturated carbocycles. The molecule has 6 heteroatoms. The van der Waals surface area contributed by atoms with E-state index in [2.05, 4.69) is 9.98 Å². The summed E-state index contributed by atoms with van der Waals surface area (Å²) in [4.78, 5) is 9.37. The van der Waals surface area contributed by atoms with Gasteiger partial charge in [0.25, 0.3) is 0 Å². The van der Waals surface area contributed by atoms with Crippen molar-refractivity contribution < 1.29 is 18.9 Å². The first kappa shape index (κ1) is 24.5. The molecule has 0 aliphatic rings. The Balaban J connectivity index is 1.68. The van der Waals surface area contributed by atoms with Crippen LogP contribution in [0.4, 0.5) is 11.4 Å². The average molecular weight is 481 g/mol. The molecule has 182 valence electrons. The third-order valence-corrected chi connectivity index (χ3v) is 5.56. The molecule has 0 unspecified atom stereocenters. The molecule has 0 aliphatic carbocycles. The van der Waals surface area contributed by atoms with Crippen LogP contribution in [-0.4, -0.2) is 40.2 Å². The van der Waals surface area contributed by atoms with Crippen molar-refractivity contribution in [2.24, 2.45) is 9.98 Å². The van der Waals surface area contributed by atoms with Crippen LogP contribution in [-0.2, 0) is 9.47 Å². The normalized spacial score (nSPS) is 11.7. The topological polar surface area (TPSA) is 61.6 Å². The van der Waals surface area contributed by atoms with Gasteiger partial charge < -0.3 is 18.9 Å². The van der Waals surface area contributed by atoms with Crippen molar-refractivity contribution in [2.75, 3.05) is 28.4 Å². The van der Waals surface area contributed by atoms with Crippen molar-refractivity contribution in [3.8, 4) is 22.6 Å². The lowest BCUT2D eigenvalue weighted by Gasteiger charge is -2.12. The SMILES string of the molecule is CO/C(=N\c1ccc(-c2ccc(/N=C(\OC)c3ccccc3)c(OC)c2)cc1OC)c1ccccc1. The number of aliphatic imine (C=N–C) groups is 2. The highest BCUT2D eigenvalue weighted by atomic mass is 16.5. The van der Waals surface area contributed by atoms with Crippen LogP contribution in [0.2, 0.25) is 0 Å². The molecule has 4 aromatic carbocycles. The summed E-state index contributed by atoms with van der Waals surface area (Å²) in [6.45, 7) is 0. The number of hydrogen-bond acceptors (Lipinski definition) is 6. The van der Waals surface area contributed by atoms with E-state index in [9.17, 15) is 0 Å². The minimum Gasteiger partial charge on any atom is -0.494 e. The van der Waals surface area contributed by atoms with Gasteiger partial charge in [-0.3, -0.25) is 0 Å². The molecule has 4 aromatic rings. The molecule has 0 amide bonds. The van der Waals surface area contributed by atoms with Gasteiger partial charge in [0.2, 0.25) is 11.8 Å². The maximum Gasteiger partial charge on any atom is 0.221 e. The summed E-state index contributed by atoms with van der Waals surface area (Å²) in [6, 6.07) is 31.2. The smallest absolute Gasteiger partial charge is 0.221 e. The second kappa shape index (κ2) is 11.7. The van der Waals surface area contributed by atoms with E-state index in [1.165, 1.54) is 0 Å². The van der Waals surface area contributed by atoms with E-state index in [4.69, 9.17) is 18.9 Å². The zero-order valence-electron chi connectivity index (χ0n) is 20.8. The van der Waals surface area contributed by atoms with Gasteiger partial charge >= 0.3 is 0 Å². The van der Waals surface area contributed by atoms with Gasteiger partial charge in [-0.25, -0.2) is 9.98 Å². The van der Waals surface area contributed by atoms with Gasteiger partial charge in [-0.05, 0) is 59.7 Å². The number of methoxy groups -OCH3 is 4. The molecule has 0 aromatic heterocycles. The Labute approximate surface area is 211 Å². The lowest BCUT2D eigenvalue weighted by molar-refractivity contribution is 0.402.